The number of carbonyl (C=O) groups excluding carboxylic acids is 1. The predicted molar refractivity (Wildman–Crippen MR) is 86.3 cm³/mol. The van der Waals surface area contributed by atoms with Gasteiger partial charge in [-0.25, -0.2) is 0 Å². The van der Waals surface area contributed by atoms with Crippen molar-refractivity contribution in [2.45, 2.75) is 38.2 Å². The van der Waals surface area contributed by atoms with Crippen LogP contribution in [0.5, 0.6) is 0 Å². The second-order valence-electron chi connectivity index (χ2n) is 6.34. The van der Waals surface area contributed by atoms with E-state index in [1.807, 2.05) is 0 Å². The number of esters is 1. The van der Waals surface area contributed by atoms with Crippen molar-refractivity contribution < 1.29 is 38.4 Å². The van der Waals surface area contributed by atoms with Gasteiger partial charge in [0.1, 0.15) is 12.7 Å². The maximum atomic E-state index is 12.1. The van der Waals surface area contributed by atoms with Gasteiger partial charge in [0.2, 0.25) is 0 Å². The largest absolute Gasteiger partial charge is 0.480 e. The number of carboxylic acid groups (broad SMARTS) is 1. The number of carbonyl (C=O) groups is 2. The van der Waals surface area contributed by atoms with E-state index >= 15 is 0 Å². The van der Waals surface area contributed by atoms with Gasteiger partial charge in [-0.2, -0.15) is 0 Å². The molecule has 0 bridgehead atoms. The topological polar surface area (TPSA) is 101 Å². The Morgan fingerprint density at radius 2 is 1.52 bits per heavy atom. The van der Waals surface area contributed by atoms with Crippen LogP contribution < -0.4 is 0 Å². The molecule has 3 rings (SSSR count). The molecule has 2 heterocycles. The normalized spacial score (nSPS) is 26.0. The molecule has 0 spiro atoms. The van der Waals surface area contributed by atoms with Gasteiger partial charge in [-0.3, -0.25) is 9.59 Å². The Labute approximate surface area is 147 Å². The smallest absolute Gasteiger partial charge is 0.323 e. The lowest BCUT2D eigenvalue weighted by Gasteiger charge is -2.31. The van der Waals surface area contributed by atoms with E-state index in [0.29, 0.717) is 32.7 Å². The zero-order valence-corrected chi connectivity index (χ0v) is 14.6. The highest BCUT2D eigenvalue weighted by atomic mass is 16.6. The number of hydrogen-bond acceptors (Lipinski definition) is 7. The van der Waals surface area contributed by atoms with Crippen LogP contribution in [0.4, 0.5) is 0 Å². The molecule has 8 heteroatoms. The Bertz CT molecular complexity index is 397. The van der Waals surface area contributed by atoms with Crippen LogP contribution in [0.2, 0.25) is 0 Å². The zero-order valence-electron chi connectivity index (χ0n) is 14.6. The maximum absolute atomic E-state index is 12.1. The van der Waals surface area contributed by atoms with Gasteiger partial charge in [-0.05, 0) is 12.8 Å². The first-order valence-electron chi connectivity index (χ1n) is 8.90. The molecular formula is C17H28O8. The highest BCUT2D eigenvalue weighted by molar-refractivity contribution is 5.99. The number of aliphatic carboxylic acids is 1. The molecule has 1 N–H and O–H groups in total. The van der Waals surface area contributed by atoms with E-state index < -0.39 is 17.4 Å². The first-order valence-corrected chi connectivity index (χ1v) is 8.90. The second-order valence-corrected chi connectivity index (χ2v) is 6.34. The predicted octanol–water partition coefficient (Wildman–Crippen LogP) is 1.01. The van der Waals surface area contributed by atoms with Gasteiger partial charge in [-0.1, -0.05) is 19.3 Å². The van der Waals surface area contributed by atoms with Crippen LogP contribution in [-0.4, -0.2) is 76.0 Å². The number of rotatable bonds is 4. The summed E-state index contributed by atoms with van der Waals surface area (Å²) >= 11 is 0. The minimum absolute atomic E-state index is 0.0634. The first-order chi connectivity index (χ1) is 12.1. The van der Waals surface area contributed by atoms with Gasteiger partial charge in [0.15, 0.2) is 5.41 Å². The summed E-state index contributed by atoms with van der Waals surface area (Å²) in [4.78, 5) is 23.5. The lowest BCUT2D eigenvalue weighted by Crippen LogP contribution is -2.44. The molecule has 0 aromatic rings. The van der Waals surface area contributed by atoms with E-state index in [-0.39, 0.29) is 12.7 Å². The van der Waals surface area contributed by atoms with Gasteiger partial charge in [0.05, 0.1) is 46.2 Å². The Kier molecular flexibility index (Phi) is 8.60. The van der Waals surface area contributed by atoms with Crippen molar-refractivity contribution >= 4 is 11.9 Å². The Hall–Kier alpha value is -1.22. The van der Waals surface area contributed by atoms with Crippen molar-refractivity contribution in [2.75, 3.05) is 52.9 Å². The van der Waals surface area contributed by atoms with E-state index in [9.17, 15) is 14.7 Å². The van der Waals surface area contributed by atoms with Crippen LogP contribution in [0.1, 0.15) is 32.1 Å². The molecule has 8 nitrogen and oxygen atoms in total. The van der Waals surface area contributed by atoms with Crippen molar-refractivity contribution in [1.82, 2.24) is 0 Å². The summed E-state index contributed by atoms with van der Waals surface area (Å²) in [5.41, 5.74) is -1.35. The molecule has 0 aromatic carbocycles. The van der Waals surface area contributed by atoms with Crippen molar-refractivity contribution in [3.63, 3.8) is 0 Å². The lowest BCUT2D eigenvalue weighted by molar-refractivity contribution is -0.177. The standard InChI is InChI=1S/C13H20O6.C4H8O2/c14-11(15)13(4-2-1-3-5-13)12(16)19-9-10-8-17-6-7-18-10;1-2-6-4-3-5-1/h10H,1-9H2,(H,14,15);1-4H2. The number of carboxylic acids is 1. The van der Waals surface area contributed by atoms with Crippen LogP contribution in [0.15, 0.2) is 0 Å². The van der Waals surface area contributed by atoms with Crippen LogP contribution in [-0.2, 0) is 33.3 Å². The molecule has 2 saturated heterocycles. The Balaban J connectivity index is 0.000000316. The summed E-state index contributed by atoms with van der Waals surface area (Å²) in [6.07, 6.45) is 2.93. The van der Waals surface area contributed by atoms with Crippen LogP contribution in [0.25, 0.3) is 0 Å². The Morgan fingerprint density at radius 1 is 0.920 bits per heavy atom. The highest BCUT2D eigenvalue weighted by Gasteiger charge is 2.48. The molecule has 0 amide bonds. The first kappa shape index (κ1) is 20.1. The third kappa shape index (κ3) is 6.22. The van der Waals surface area contributed by atoms with Gasteiger partial charge < -0.3 is 28.8 Å². The molecule has 1 atom stereocenters. The highest BCUT2D eigenvalue weighted by Crippen LogP contribution is 2.37. The van der Waals surface area contributed by atoms with Crippen molar-refractivity contribution in [2.24, 2.45) is 5.41 Å². The maximum Gasteiger partial charge on any atom is 0.323 e. The van der Waals surface area contributed by atoms with E-state index in [2.05, 4.69) is 0 Å². The summed E-state index contributed by atoms with van der Waals surface area (Å²) < 4.78 is 25.6. The van der Waals surface area contributed by atoms with E-state index in [0.717, 1.165) is 45.7 Å². The van der Waals surface area contributed by atoms with Crippen LogP contribution in [0.3, 0.4) is 0 Å². The number of hydrogen-bond donors (Lipinski definition) is 1. The third-order valence-electron chi connectivity index (χ3n) is 4.54. The minimum atomic E-state index is -1.35. The van der Waals surface area contributed by atoms with E-state index in [1.165, 1.54) is 0 Å². The summed E-state index contributed by atoms with van der Waals surface area (Å²) in [6.45, 7) is 4.58. The minimum Gasteiger partial charge on any atom is -0.480 e. The fraction of sp³-hybridized carbons (Fsp3) is 0.882. The Morgan fingerprint density at radius 3 is 2.00 bits per heavy atom. The molecule has 0 aromatic heterocycles. The summed E-state index contributed by atoms with van der Waals surface area (Å²) in [6, 6.07) is 0. The van der Waals surface area contributed by atoms with E-state index in [4.69, 9.17) is 23.7 Å². The molecule has 0 radical (unpaired) electrons. The fourth-order valence-electron chi connectivity index (χ4n) is 3.04. The van der Waals surface area contributed by atoms with Gasteiger partial charge in [-0.15, -0.1) is 0 Å². The molecule has 3 aliphatic rings. The number of ether oxygens (including phenoxy) is 5. The molecule has 1 aliphatic carbocycles. The third-order valence-corrected chi connectivity index (χ3v) is 4.54. The van der Waals surface area contributed by atoms with Crippen molar-refractivity contribution in [3.05, 3.63) is 0 Å². The summed E-state index contributed by atoms with van der Waals surface area (Å²) in [5.74, 6) is -1.70. The van der Waals surface area contributed by atoms with Crippen molar-refractivity contribution in [3.8, 4) is 0 Å². The molecular weight excluding hydrogens is 332 g/mol. The fourth-order valence-corrected chi connectivity index (χ4v) is 3.04. The van der Waals surface area contributed by atoms with Crippen LogP contribution >= 0.6 is 0 Å². The molecule has 2 aliphatic heterocycles. The van der Waals surface area contributed by atoms with Gasteiger partial charge in [0.25, 0.3) is 0 Å². The van der Waals surface area contributed by atoms with Gasteiger partial charge >= 0.3 is 11.9 Å². The summed E-state index contributed by atoms with van der Waals surface area (Å²) in [5, 5.41) is 9.34. The van der Waals surface area contributed by atoms with E-state index in [1.54, 1.807) is 0 Å². The quantitative estimate of drug-likeness (QED) is 0.586. The molecule has 3 fully saturated rings. The van der Waals surface area contributed by atoms with Crippen LogP contribution in [0, 0.1) is 5.41 Å². The van der Waals surface area contributed by atoms with Crippen molar-refractivity contribution in [1.29, 1.82) is 0 Å². The molecule has 144 valence electrons. The average molecular weight is 360 g/mol. The second kappa shape index (κ2) is 10.7. The lowest BCUT2D eigenvalue weighted by atomic mass is 9.74. The average Bonchev–Trinajstić information content (AvgIpc) is 2.69. The summed E-state index contributed by atoms with van der Waals surface area (Å²) in [7, 11) is 0. The monoisotopic (exact) mass is 360 g/mol. The molecule has 1 saturated carbocycles. The zero-order chi connectivity index (χ0) is 18.0. The molecule has 25 heavy (non-hydrogen) atoms. The SMILES string of the molecule is C1COCCO1.O=C(O)C1(C(=O)OCC2COCCO2)CCCCC1. The van der Waals surface area contributed by atoms with Gasteiger partial charge in [0, 0.05) is 0 Å². The molecule has 1 unspecified atom stereocenters.